The van der Waals surface area contributed by atoms with Crippen LogP contribution in [0.4, 0.5) is 75.4 Å². The molecule has 7 aromatic rings. The number of carbonyl (C=O) groups is 4. The van der Waals surface area contributed by atoms with Crippen LogP contribution >= 0.6 is 0 Å². The number of phenolic OH excluding ortho intramolecular Hbond substituents is 2. The van der Waals surface area contributed by atoms with E-state index in [4.69, 9.17) is 10.5 Å². The maximum atomic E-state index is 15.5. The topological polar surface area (TPSA) is 180 Å². The van der Waals surface area contributed by atoms with Crippen molar-refractivity contribution in [2.24, 2.45) is 0 Å². The van der Waals surface area contributed by atoms with Crippen LogP contribution in [0.5, 0.6) is 23.0 Å². The smallest absolute Gasteiger partial charge is 0.411 e. The van der Waals surface area contributed by atoms with Gasteiger partial charge in [-0.1, -0.05) is 42.5 Å². The Kier molecular flexibility index (Phi) is 15.1. The average Bonchev–Trinajstić information content (AvgIpc) is 3.49. The van der Waals surface area contributed by atoms with Gasteiger partial charge in [0, 0.05) is 33.6 Å². The fraction of sp³-hybridized carbons (Fsp3) is 0.164. The number of halogens is 12. The summed E-state index contributed by atoms with van der Waals surface area (Å²) in [6, 6.07) is 21.3. The summed E-state index contributed by atoms with van der Waals surface area (Å²) in [6.45, 7) is 3.91. The van der Waals surface area contributed by atoms with Crippen LogP contribution in [-0.2, 0) is 10.8 Å². The number of ketones is 1. The van der Waals surface area contributed by atoms with Crippen LogP contribution in [-0.4, -0.2) is 58.4 Å². The lowest BCUT2D eigenvalue weighted by Crippen LogP contribution is -2.54. The number of alkyl halides is 12. The van der Waals surface area contributed by atoms with E-state index >= 15 is 26.3 Å². The van der Waals surface area contributed by atoms with E-state index in [0.717, 1.165) is 36.4 Å². The zero-order valence-electron chi connectivity index (χ0n) is 40.4. The Labute approximate surface area is 434 Å². The molecule has 0 heterocycles. The minimum atomic E-state index is -6.22. The molecule has 11 nitrogen and oxygen atoms in total. The monoisotopic (exact) mass is 1100 g/mol. The normalized spacial score (nSPS) is 12.4. The zero-order chi connectivity index (χ0) is 57.5. The number of hydrogen-bond donors (Lipinski definition) is 6. The number of Topliss-reactive ketones (excluding diaryl/α,β-unsaturated/α-hetero) is 1. The number of nitrogen functional groups attached to an aromatic ring is 1. The van der Waals surface area contributed by atoms with Crippen LogP contribution in [0.2, 0.25) is 0 Å². The third-order valence-electron chi connectivity index (χ3n) is 12.7. The van der Waals surface area contributed by atoms with E-state index in [1.807, 2.05) is 5.32 Å². The van der Waals surface area contributed by atoms with E-state index in [0.29, 0.717) is 65.9 Å². The lowest BCUT2D eigenvalue weighted by molar-refractivity contribution is -0.290. The summed E-state index contributed by atoms with van der Waals surface area (Å²) in [4.78, 5) is 52.2. The number of rotatable bonds is 13. The molecule has 7 N–H and O–H groups in total. The molecule has 0 aliphatic heterocycles. The first-order valence-electron chi connectivity index (χ1n) is 22.6. The van der Waals surface area contributed by atoms with Gasteiger partial charge in [-0.05, 0) is 157 Å². The second kappa shape index (κ2) is 20.8. The Morgan fingerprint density at radius 2 is 0.769 bits per heavy atom. The average molecular weight is 1100 g/mol. The first kappa shape index (κ1) is 56.7. The molecule has 78 heavy (non-hydrogen) atoms. The van der Waals surface area contributed by atoms with Crippen molar-refractivity contribution >= 4 is 46.3 Å². The van der Waals surface area contributed by atoms with Crippen molar-refractivity contribution in [3.8, 4) is 23.0 Å². The Bertz CT molecular complexity index is 3440. The van der Waals surface area contributed by atoms with Crippen LogP contribution in [0.25, 0.3) is 0 Å². The molecule has 0 fully saturated rings. The highest BCUT2D eigenvalue weighted by Crippen LogP contribution is 2.59. The minimum Gasteiger partial charge on any atom is -0.506 e. The van der Waals surface area contributed by atoms with Crippen LogP contribution < -0.4 is 26.4 Å². The van der Waals surface area contributed by atoms with E-state index in [-0.39, 0.29) is 34.3 Å². The Morgan fingerprint density at radius 3 is 1.17 bits per heavy atom. The largest absolute Gasteiger partial charge is 0.506 e. The third kappa shape index (κ3) is 10.7. The molecular formula is C55H40F12N4O7. The molecule has 0 bridgehead atoms. The number of aryl methyl sites for hydroxylation is 2. The Balaban J connectivity index is 1.16. The SMILES string of the molecule is CC(=O)c1ccc(Oc2ccc(C(=O)Nc3cc(C(c4ccc(O)c(NC(=O)c5cccc(C(=O)Nc6cc(C(c7ccc(O)c(N)c7)(C(F)(F)F)C(F)(F)F)ccc6C)c5)c4)(C(F)(F)F)C(F)(F)F)ccc3C)cc2)cc1. The Morgan fingerprint density at radius 1 is 0.423 bits per heavy atom. The van der Waals surface area contributed by atoms with E-state index in [9.17, 15) is 55.7 Å². The quantitative estimate of drug-likeness (QED) is 0.0286. The van der Waals surface area contributed by atoms with Crippen molar-refractivity contribution in [2.45, 2.75) is 56.3 Å². The summed E-state index contributed by atoms with van der Waals surface area (Å²) < 4.78 is 188. The molecular weight excluding hydrogens is 1060 g/mol. The molecule has 0 aromatic heterocycles. The summed E-state index contributed by atoms with van der Waals surface area (Å²) >= 11 is 0. The fourth-order valence-corrected chi connectivity index (χ4v) is 8.55. The molecule has 0 aliphatic carbocycles. The molecule has 3 amide bonds. The molecule has 0 radical (unpaired) electrons. The van der Waals surface area contributed by atoms with Crippen LogP contribution in [0.15, 0.2) is 146 Å². The van der Waals surface area contributed by atoms with Crippen molar-refractivity contribution in [3.63, 3.8) is 0 Å². The van der Waals surface area contributed by atoms with Gasteiger partial charge in [0.25, 0.3) is 17.7 Å². The van der Waals surface area contributed by atoms with Gasteiger partial charge >= 0.3 is 24.7 Å². The second-order valence-electron chi connectivity index (χ2n) is 17.7. The first-order valence-corrected chi connectivity index (χ1v) is 22.6. The van der Waals surface area contributed by atoms with Gasteiger partial charge in [-0.15, -0.1) is 0 Å². The lowest BCUT2D eigenvalue weighted by Gasteiger charge is -2.38. The second-order valence-corrected chi connectivity index (χ2v) is 17.7. The molecule has 0 saturated carbocycles. The van der Waals surface area contributed by atoms with Gasteiger partial charge in [-0.2, -0.15) is 52.7 Å². The highest BCUT2D eigenvalue weighted by atomic mass is 19.4. The maximum Gasteiger partial charge on any atom is 0.411 e. The zero-order valence-corrected chi connectivity index (χ0v) is 40.4. The lowest BCUT2D eigenvalue weighted by atomic mass is 9.72. The number of nitrogens with one attached hydrogen (secondary N) is 3. The van der Waals surface area contributed by atoms with Gasteiger partial charge < -0.3 is 36.6 Å². The highest BCUT2D eigenvalue weighted by Gasteiger charge is 2.74. The van der Waals surface area contributed by atoms with E-state index < -0.39 is 121 Å². The van der Waals surface area contributed by atoms with Crippen molar-refractivity contribution in [1.29, 1.82) is 0 Å². The molecule has 0 saturated heterocycles. The molecule has 0 spiro atoms. The van der Waals surface area contributed by atoms with Crippen molar-refractivity contribution < 1.29 is 86.8 Å². The molecule has 0 atom stereocenters. The first-order chi connectivity index (χ1) is 36.3. The van der Waals surface area contributed by atoms with Gasteiger partial charge in [0.05, 0.1) is 11.4 Å². The maximum absolute atomic E-state index is 15.5. The predicted molar refractivity (Wildman–Crippen MR) is 262 cm³/mol. The van der Waals surface area contributed by atoms with Crippen molar-refractivity contribution in [3.05, 3.63) is 201 Å². The predicted octanol–water partition coefficient (Wildman–Crippen LogP) is 13.9. The van der Waals surface area contributed by atoms with Gasteiger partial charge in [0.15, 0.2) is 5.78 Å². The molecule has 0 unspecified atom stereocenters. The third-order valence-corrected chi connectivity index (χ3v) is 12.7. The van der Waals surface area contributed by atoms with Crippen LogP contribution in [0, 0.1) is 13.8 Å². The summed E-state index contributed by atoms with van der Waals surface area (Å²) in [5.41, 5.74) is -13.6. The number of nitrogens with two attached hydrogens (primary N) is 1. The van der Waals surface area contributed by atoms with E-state index in [1.165, 1.54) is 69.3 Å². The number of hydrogen-bond acceptors (Lipinski definition) is 8. The molecule has 23 heteroatoms. The molecule has 406 valence electrons. The van der Waals surface area contributed by atoms with Gasteiger partial charge in [-0.25, -0.2) is 0 Å². The number of benzene rings is 7. The minimum absolute atomic E-state index is 0.0408. The van der Waals surface area contributed by atoms with Gasteiger partial charge in [0.2, 0.25) is 10.8 Å². The summed E-state index contributed by atoms with van der Waals surface area (Å²) in [7, 11) is 0. The van der Waals surface area contributed by atoms with Crippen molar-refractivity contribution in [1.82, 2.24) is 0 Å². The summed E-state index contributed by atoms with van der Waals surface area (Å²) in [5.74, 6) is -4.94. The number of anilines is 4. The molecule has 7 rings (SSSR count). The number of carbonyl (C=O) groups excluding carboxylic acids is 4. The summed E-state index contributed by atoms with van der Waals surface area (Å²) in [6.07, 6.45) is -24.6. The summed E-state index contributed by atoms with van der Waals surface area (Å²) in [5, 5.41) is 27.0. The Hall–Kier alpha value is -9.02. The fourth-order valence-electron chi connectivity index (χ4n) is 8.55. The van der Waals surface area contributed by atoms with Gasteiger partial charge in [0.1, 0.15) is 23.0 Å². The standard InChI is InChI=1S/C55H40F12N4O7/c1-28-8-14-37(26-42(28)69-47(75)32-11-19-40(20-12-32)78-39-17-9-31(10-18-39)30(3)72)51(54(62,63)64,55(65,66)67)38-16-22-46(74)44(27-38)71-49(77)34-6-4-5-33(23-34)48(76)70-43-25-36(13-7-29(43)2)50(52(56,57)58,53(59,60)61)35-15-21-45(73)41(68)24-35/h4-27,73-74H,68H2,1-3H3,(H,69,75)(H,70,76)(H,71,77). The van der Waals surface area contributed by atoms with E-state index in [2.05, 4.69) is 10.6 Å². The van der Waals surface area contributed by atoms with Gasteiger partial charge in [-0.3, -0.25) is 19.2 Å². The van der Waals surface area contributed by atoms with Crippen molar-refractivity contribution in [2.75, 3.05) is 21.7 Å². The van der Waals surface area contributed by atoms with Crippen LogP contribution in [0.1, 0.15) is 81.7 Å². The van der Waals surface area contributed by atoms with E-state index in [1.54, 1.807) is 0 Å². The molecule has 0 aliphatic rings. The number of amides is 3. The number of ether oxygens (including phenoxy) is 1. The number of aromatic hydroxyl groups is 2. The molecule has 7 aromatic carbocycles. The van der Waals surface area contributed by atoms with Crippen LogP contribution in [0.3, 0.4) is 0 Å². The number of phenols is 2. The highest BCUT2D eigenvalue weighted by molar-refractivity contribution is 6.09.